The lowest BCUT2D eigenvalue weighted by atomic mass is 9.85. The molecule has 3 rings (SSSR count). The van der Waals surface area contributed by atoms with E-state index in [-0.39, 0.29) is 12.0 Å². The van der Waals surface area contributed by atoms with Gasteiger partial charge in [-0.2, -0.15) is 0 Å². The van der Waals surface area contributed by atoms with Crippen LogP contribution in [0.5, 0.6) is 5.75 Å². The van der Waals surface area contributed by atoms with Gasteiger partial charge in [0.2, 0.25) is 5.91 Å². The van der Waals surface area contributed by atoms with Gasteiger partial charge in [0.25, 0.3) is 0 Å². The molecule has 8 nitrogen and oxygen atoms in total. The molecule has 0 spiro atoms. The molecule has 2 aliphatic rings. The molecule has 1 aromatic rings. The molecule has 1 aliphatic carbocycles. The van der Waals surface area contributed by atoms with Crippen molar-refractivity contribution in [2.75, 3.05) is 20.2 Å². The molecule has 2 atom stereocenters. The Morgan fingerprint density at radius 3 is 2.59 bits per heavy atom. The summed E-state index contributed by atoms with van der Waals surface area (Å²) >= 11 is 0. The van der Waals surface area contributed by atoms with Gasteiger partial charge in [-0.15, -0.1) is 0 Å². The van der Waals surface area contributed by atoms with E-state index in [1.165, 1.54) is 0 Å². The molecule has 2 fully saturated rings. The summed E-state index contributed by atoms with van der Waals surface area (Å²) in [7, 11) is 1.58. The van der Waals surface area contributed by atoms with Gasteiger partial charge < -0.3 is 10.1 Å². The number of nitrogens with one attached hydrogen (secondary N) is 1. The number of nitrogens with zero attached hydrogens (tertiary/aromatic N) is 2. The average molecular weight is 401 g/mol. The Balaban J connectivity index is 1.56. The van der Waals surface area contributed by atoms with E-state index in [0.717, 1.165) is 40.4 Å². The summed E-state index contributed by atoms with van der Waals surface area (Å²) in [5.41, 5.74) is 0.941. The van der Waals surface area contributed by atoms with Gasteiger partial charge in [-0.05, 0) is 36.8 Å². The van der Waals surface area contributed by atoms with E-state index in [1.54, 1.807) is 7.11 Å². The van der Waals surface area contributed by atoms with Crippen LogP contribution >= 0.6 is 0 Å². The molecule has 8 heteroatoms. The summed E-state index contributed by atoms with van der Waals surface area (Å²) in [6.07, 6.45) is 4.14. The minimum atomic E-state index is -0.923. The van der Waals surface area contributed by atoms with Crippen LogP contribution in [0.1, 0.15) is 38.2 Å². The number of methoxy groups -OCH3 is 1. The van der Waals surface area contributed by atoms with Gasteiger partial charge in [-0.3, -0.25) is 19.3 Å². The molecule has 1 N–H and O–H groups in total. The third-order valence-corrected chi connectivity index (χ3v) is 5.69. The quantitative estimate of drug-likeness (QED) is 0.554. The first-order valence-corrected chi connectivity index (χ1v) is 10.0. The fourth-order valence-electron chi connectivity index (χ4n) is 4.08. The van der Waals surface area contributed by atoms with Crippen LogP contribution in [-0.4, -0.2) is 59.8 Å². The third kappa shape index (κ3) is 4.41. The van der Waals surface area contributed by atoms with E-state index < -0.39 is 30.3 Å². The zero-order valence-electron chi connectivity index (χ0n) is 16.8. The van der Waals surface area contributed by atoms with Crippen molar-refractivity contribution in [2.24, 2.45) is 5.92 Å². The van der Waals surface area contributed by atoms with Crippen molar-refractivity contribution in [2.45, 2.75) is 45.1 Å². The van der Waals surface area contributed by atoms with E-state index in [1.807, 2.05) is 31.2 Å². The molecule has 156 valence electrons. The Morgan fingerprint density at radius 1 is 1.14 bits per heavy atom. The highest BCUT2D eigenvalue weighted by Gasteiger charge is 2.49. The van der Waals surface area contributed by atoms with Gasteiger partial charge in [0, 0.05) is 12.6 Å². The van der Waals surface area contributed by atoms with Crippen LogP contribution < -0.4 is 10.1 Å². The predicted molar refractivity (Wildman–Crippen MR) is 105 cm³/mol. The van der Waals surface area contributed by atoms with Crippen LogP contribution in [0.25, 0.3) is 0 Å². The molecule has 1 aliphatic heterocycles. The number of hydrogen-bond acceptors (Lipinski definition) is 5. The van der Waals surface area contributed by atoms with Gasteiger partial charge in [-0.25, -0.2) is 9.69 Å². The Kier molecular flexibility index (Phi) is 6.51. The predicted octanol–water partition coefficient (Wildman–Crippen LogP) is 1.72. The first kappa shape index (κ1) is 20.8. The summed E-state index contributed by atoms with van der Waals surface area (Å²) in [4.78, 5) is 51.5. The van der Waals surface area contributed by atoms with Gasteiger partial charge in [0.1, 0.15) is 12.3 Å². The highest BCUT2D eigenvalue weighted by Crippen LogP contribution is 2.31. The smallest absolute Gasteiger partial charge is 0.334 e. The average Bonchev–Trinajstić information content (AvgIpc) is 2.92. The van der Waals surface area contributed by atoms with Gasteiger partial charge in [0.05, 0.1) is 7.11 Å². The lowest BCUT2D eigenvalue weighted by Gasteiger charge is -2.34. The van der Waals surface area contributed by atoms with Crippen molar-refractivity contribution in [1.29, 1.82) is 0 Å². The van der Waals surface area contributed by atoms with Crippen molar-refractivity contribution in [1.82, 2.24) is 15.1 Å². The first-order chi connectivity index (χ1) is 13.9. The molecular weight excluding hydrogens is 374 g/mol. The number of hydrogen-bond donors (Lipinski definition) is 1. The fraction of sp³-hybridized carbons (Fsp3) is 0.524. The third-order valence-electron chi connectivity index (χ3n) is 5.69. The van der Waals surface area contributed by atoms with E-state index in [0.29, 0.717) is 19.4 Å². The maximum atomic E-state index is 12.7. The zero-order chi connectivity index (χ0) is 21.0. The van der Waals surface area contributed by atoms with Crippen LogP contribution in [0.3, 0.4) is 0 Å². The van der Waals surface area contributed by atoms with Gasteiger partial charge in [0.15, 0.2) is 0 Å². The topological polar surface area (TPSA) is 96.0 Å². The van der Waals surface area contributed by atoms with Crippen molar-refractivity contribution < 1.29 is 23.9 Å². The minimum absolute atomic E-state index is 0.152. The maximum absolute atomic E-state index is 12.7. The zero-order valence-corrected chi connectivity index (χ0v) is 16.8. The lowest BCUT2D eigenvalue weighted by Crippen LogP contribution is -2.47. The molecular formula is C21H27N3O5. The second-order valence-electron chi connectivity index (χ2n) is 7.59. The number of amides is 5. The number of carbonyl (C=O) groups is 4. The highest BCUT2D eigenvalue weighted by molar-refractivity contribution is 6.45. The Labute approximate surface area is 170 Å². The molecule has 1 heterocycles. The monoisotopic (exact) mass is 401 g/mol. The van der Waals surface area contributed by atoms with E-state index in [2.05, 4.69) is 5.32 Å². The van der Waals surface area contributed by atoms with Crippen molar-refractivity contribution in [3.05, 3.63) is 29.8 Å². The van der Waals surface area contributed by atoms with E-state index >= 15 is 0 Å². The number of benzene rings is 1. The molecule has 0 aromatic heterocycles. The van der Waals surface area contributed by atoms with Crippen LogP contribution in [-0.2, 0) is 20.8 Å². The molecule has 0 radical (unpaired) electrons. The molecule has 5 amide bonds. The van der Waals surface area contributed by atoms with Crippen LogP contribution in [0.15, 0.2) is 24.3 Å². The van der Waals surface area contributed by atoms with Crippen molar-refractivity contribution >= 4 is 23.8 Å². The number of ether oxygens (including phenoxy) is 1. The Hall–Kier alpha value is -2.90. The van der Waals surface area contributed by atoms with E-state index in [9.17, 15) is 19.2 Å². The van der Waals surface area contributed by atoms with Gasteiger partial charge >= 0.3 is 17.8 Å². The van der Waals surface area contributed by atoms with Crippen molar-refractivity contribution in [3.63, 3.8) is 0 Å². The first-order valence-electron chi connectivity index (χ1n) is 10.0. The Morgan fingerprint density at radius 2 is 1.86 bits per heavy atom. The summed E-state index contributed by atoms with van der Waals surface area (Å²) < 4.78 is 5.28. The molecule has 0 unspecified atom stereocenters. The number of para-hydroxylation sites is 1. The molecule has 1 saturated carbocycles. The summed E-state index contributed by atoms with van der Waals surface area (Å²) in [6.45, 7) is 1.86. The summed E-state index contributed by atoms with van der Waals surface area (Å²) in [5, 5.41) is 2.70. The SMILES string of the molecule is COc1ccccc1CCNC(=O)CN1C(=O)C(=O)N([C@@H]2CCCC[C@@H]2C)C1=O. The molecule has 1 saturated heterocycles. The standard InChI is InChI=1S/C21H27N3O5/c1-14-7-3-5-9-16(14)24-20(27)19(26)23(21(24)28)13-18(25)22-12-11-15-8-4-6-10-17(15)29-2/h4,6,8,10,14,16H,3,5,7,9,11-13H2,1-2H3,(H,22,25)/t14-,16+/m0/s1. The normalized spacial score (nSPS) is 22.2. The van der Waals surface area contributed by atoms with Gasteiger partial charge in [-0.1, -0.05) is 38.0 Å². The van der Waals surface area contributed by atoms with E-state index in [4.69, 9.17) is 4.74 Å². The van der Waals surface area contributed by atoms with Crippen LogP contribution in [0.2, 0.25) is 0 Å². The fourth-order valence-corrected chi connectivity index (χ4v) is 4.08. The number of rotatable bonds is 7. The number of carbonyl (C=O) groups excluding carboxylic acids is 4. The largest absolute Gasteiger partial charge is 0.496 e. The molecule has 0 bridgehead atoms. The second-order valence-corrected chi connectivity index (χ2v) is 7.59. The molecule has 1 aromatic carbocycles. The second kappa shape index (κ2) is 9.07. The number of imide groups is 2. The number of urea groups is 1. The van der Waals surface area contributed by atoms with Crippen LogP contribution in [0.4, 0.5) is 4.79 Å². The van der Waals surface area contributed by atoms with Crippen molar-refractivity contribution in [3.8, 4) is 5.75 Å². The molecule has 29 heavy (non-hydrogen) atoms. The minimum Gasteiger partial charge on any atom is -0.496 e. The maximum Gasteiger partial charge on any atom is 0.334 e. The lowest BCUT2D eigenvalue weighted by molar-refractivity contribution is -0.145. The van der Waals surface area contributed by atoms with Crippen LogP contribution in [0, 0.1) is 5.92 Å². The highest BCUT2D eigenvalue weighted by atomic mass is 16.5. The Bertz CT molecular complexity index is 809. The summed E-state index contributed by atoms with van der Waals surface area (Å²) in [5.74, 6) is -1.34. The summed E-state index contributed by atoms with van der Waals surface area (Å²) in [6, 6.07) is 6.53.